The van der Waals surface area contributed by atoms with E-state index in [1.165, 1.54) is 101 Å². The zero-order valence-electron chi connectivity index (χ0n) is 24.4. The Morgan fingerprint density at radius 2 is 1.71 bits per heavy atom. The molecule has 0 saturated heterocycles. The van der Waals surface area contributed by atoms with E-state index in [2.05, 4.69) is 89.4 Å². The molecule has 1 fully saturated rings. The molecule has 0 heteroatoms. The minimum Gasteiger partial charge on any atom is -0.0986 e. The van der Waals surface area contributed by atoms with E-state index >= 15 is 0 Å². The monoisotopic (exact) mass is 504 g/mol. The summed E-state index contributed by atoms with van der Waals surface area (Å²) in [6.45, 7) is 18.0. The molecular formula is C38H48. The highest BCUT2D eigenvalue weighted by Crippen LogP contribution is 2.43. The molecule has 0 bridgehead atoms. The molecule has 0 amide bonds. The summed E-state index contributed by atoms with van der Waals surface area (Å²) in [4.78, 5) is 0. The second-order valence-corrected chi connectivity index (χ2v) is 12.7. The number of fused-ring (bicyclic) bond motifs is 1. The molecule has 0 radical (unpaired) electrons. The van der Waals surface area contributed by atoms with Crippen LogP contribution in [0.15, 0.2) is 72.4 Å². The van der Waals surface area contributed by atoms with Crippen LogP contribution in [0.1, 0.15) is 93.0 Å². The van der Waals surface area contributed by atoms with Crippen LogP contribution in [-0.4, -0.2) is 0 Å². The Hall–Kier alpha value is -2.60. The first-order valence-electron chi connectivity index (χ1n) is 15.3. The summed E-state index contributed by atoms with van der Waals surface area (Å²) in [5, 5.41) is 0. The molecule has 4 atom stereocenters. The van der Waals surface area contributed by atoms with Gasteiger partial charge in [0, 0.05) is 5.92 Å². The molecule has 38 heavy (non-hydrogen) atoms. The van der Waals surface area contributed by atoms with Crippen molar-refractivity contribution >= 4 is 6.08 Å². The summed E-state index contributed by atoms with van der Waals surface area (Å²) < 4.78 is 0. The first kappa shape index (κ1) is 27.0. The van der Waals surface area contributed by atoms with E-state index in [1.54, 1.807) is 5.56 Å². The van der Waals surface area contributed by atoms with Crippen LogP contribution >= 0.6 is 0 Å². The summed E-state index contributed by atoms with van der Waals surface area (Å²) in [7, 11) is 0. The van der Waals surface area contributed by atoms with Gasteiger partial charge in [0.1, 0.15) is 0 Å². The number of aryl methyl sites for hydroxylation is 2. The molecule has 1 saturated carbocycles. The van der Waals surface area contributed by atoms with Gasteiger partial charge in [0.15, 0.2) is 0 Å². The fourth-order valence-electron chi connectivity index (χ4n) is 7.56. The summed E-state index contributed by atoms with van der Waals surface area (Å²) in [5.41, 5.74) is 14.4. The summed E-state index contributed by atoms with van der Waals surface area (Å²) in [6, 6.07) is 11.9. The molecule has 0 N–H and O–H groups in total. The van der Waals surface area contributed by atoms with Crippen LogP contribution < -0.4 is 0 Å². The minimum absolute atomic E-state index is 0.363. The normalized spacial score (nSPS) is 25.3. The van der Waals surface area contributed by atoms with Gasteiger partial charge in [0.25, 0.3) is 0 Å². The van der Waals surface area contributed by atoms with Gasteiger partial charge in [-0.15, -0.1) is 0 Å². The molecule has 0 nitrogen and oxygen atoms in total. The van der Waals surface area contributed by atoms with Crippen molar-refractivity contribution in [3.8, 4) is 11.1 Å². The highest BCUT2D eigenvalue weighted by atomic mass is 14.3. The fraction of sp³-hybridized carbons (Fsp3) is 0.474. The molecule has 0 spiro atoms. The van der Waals surface area contributed by atoms with Crippen LogP contribution in [0, 0.1) is 37.5 Å². The number of rotatable bonds is 7. The molecule has 4 unspecified atom stereocenters. The number of allylic oxidation sites excluding steroid dienone is 5. The van der Waals surface area contributed by atoms with Gasteiger partial charge in [-0.05, 0) is 96.2 Å². The zero-order valence-corrected chi connectivity index (χ0v) is 24.4. The lowest BCUT2D eigenvalue weighted by Crippen LogP contribution is -2.15. The largest absolute Gasteiger partial charge is 0.0986 e. The van der Waals surface area contributed by atoms with E-state index in [1.807, 2.05) is 0 Å². The third kappa shape index (κ3) is 5.70. The quantitative estimate of drug-likeness (QED) is 0.260. The Bertz CT molecular complexity index is 1270. The highest BCUT2D eigenvalue weighted by Gasteiger charge is 2.27. The van der Waals surface area contributed by atoms with Gasteiger partial charge in [-0.3, -0.25) is 0 Å². The number of benzene rings is 2. The molecule has 0 heterocycles. The van der Waals surface area contributed by atoms with Crippen molar-refractivity contribution in [2.45, 2.75) is 91.9 Å². The maximum absolute atomic E-state index is 4.45. The Morgan fingerprint density at radius 3 is 2.53 bits per heavy atom. The van der Waals surface area contributed by atoms with Gasteiger partial charge in [-0.2, -0.15) is 0 Å². The lowest BCUT2D eigenvalue weighted by atomic mass is 9.77. The Kier molecular flexibility index (Phi) is 8.27. The van der Waals surface area contributed by atoms with E-state index in [9.17, 15) is 0 Å². The molecule has 2 aromatic rings. The van der Waals surface area contributed by atoms with Crippen molar-refractivity contribution in [1.29, 1.82) is 0 Å². The maximum Gasteiger partial charge on any atom is 0.00826 e. The smallest absolute Gasteiger partial charge is 0.00826 e. The first-order valence-corrected chi connectivity index (χ1v) is 15.3. The van der Waals surface area contributed by atoms with Crippen molar-refractivity contribution < 1.29 is 0 Å². The van der Waals surface area contributed by atoms with Crippen LogP contribution in [0.25, 0.3) is 17.2 Å². The van der Waals surface area contributed by atoms with Crippen molar-refractivity contribution in [3.05, 3.63) is 100 Å². The Morgan fingerprint density at radius 1 is 0.921 bits per heavy atom. The molecule has 3 aliphatic rings. The molecule has 2 aromatic carbocycles. The third-order valence-corrected chi connectivity index (χ3v) is 9.83. The van der Waals surface area contributed by atoms with E-state index in [4.69, 9.17) is 0 Å². The van der Waals surface area contributed by atoms with Gasteiger partial charge in [-0.1, -0.05) is 131 Å². The van der Waals surface area contributed by atoms with Gasteiger partial charge in [0.05, 0.1) is 0 Å². The molecular weight excluding hydrogens is 456 g/mol. The van der Waals surface area contributed by atoms with Crippen LogP contribution in [0.2, 0.25) is 0 Å². The van der Waals surface area contributed by atoms with E-state index in [-0.39, 0.29) is 0 Å². The Balaban J connectivity index is 1.40. The summed E-state index contributed by atoms with van der Waals surface area (Å²) in [6.07, 6.45) is 20.1. The lowest BCUT2D eigenvalue weighted by Gasteiger charge is -2.28. The highest BCUT2D eigenvalue weighted by molar-refractivity contribution is 5.80. The second-order valence-electron chi connectivity index (χ2n) is 12.7. The zero-order chi connectivity index (χ0) is 26.8. The van der Waals surface area contributed by atoms with Crippen molar-refractivity contribution in [2.75, 3.05) is 0 Å². The maximum atomic E-state index is 4.45. The predicted molar refractivity (Wildman–Crippen MR) is 166 cm³/mol. The summed E-state index contributed by atoms with van der Waals surface area (Å²) in [5.74, 6) is 2.58. The van der Waals surface area contributed by atoms with Crippen molar-refractivity contribution in [3.63, 3.8) is 0 Å². The third-order valence-electron chi connectivity index (χ3n) is 9.83. The van der Waals surface area contributed by atoms with E-state index in [0.29, 0.717) is 11.8 Å². The van der Waals surface area contributed by atoms with Crippen molar-refractivity contribution in [1.82, 2.24) is 0 Å². The van der Waals surface area contributed by atoms with Crippen LogP contribution in [0.3, 0.4) is 0 Å². The lowest BCUT2D eigenvalue weighted by molar-refractivity contribution is 0.406. The molecule has 5 rings (SSSR count). The first-order chi connectivity index (χ1) is 18.3. The average molecular weight is 505 g/mol. The fourth-order valence-corrected chi connectivity index (χ4v) is 7.56. The van der Waals surface area contributed by atoms with Crippen molar-refractivity contribution in [2.24, 2.45) is 23.7 Å². The van der Waals surface area contributed by atoms with E-state index in [0.717, 1.165) is 24.7 Å². The van der Waals surface area contributed by atoms with Gasteiger partial charge < -0.3 is 0 Å². The van der Waals surface area contributed by atoms with Crippen LogP contribution in [0.5, 0.6) is 0 Å². The second kappa shape index (κ2) is 11.6. The SMILES string of the molecule is C=C1C=CC(C)C(=C)C1CC1=Cc2cccc(-c3cc(C)cc(C)c3CC3CCCC(CCC)CC3)c2C1. The van der Waals surface area contributed by atoms with E-state index < -0.39 is 0 Å². The Labute approximate surface area is 232 Å². The molecule has 200 valence electrons. The topological polar surface area (TPSA) is 0 Å². The molecule has 0 aromatic heterocycles. The van der Waals surface area contributed by atoms with Crippen LogP contribution in [0.4, 0.5) is 0 Å². The summed E-state index contributed by atoms with van der Waals surface area (Å²) >= 11 is 0. The average Bonchev–Trinajstić information content (AvgIpc) is 3.18. The van der Waals surface area contributed by atoms with Gasteiger partial charge in [0.2, 0.25) is 0 Å². The van der Waals surface area contributed by atoms with Crippen LogP contribution in [-0.2, 0) is 12.8 Å². The van der Waals surface area contributed by atoms with Gasteiger partial charge >= 0.3 is 0 Å². The molecule has 0 aliphatic heterocycles. The minimum atomic E-state index is 0.363. The van der Waals surface area contributed by atoms with Gasteiger partial charge in [-0.25, -0.2) is 0 Å². The predicted octanol–water partition coefficient (Wildman–Crippen LogP) is 10.8. The molecule has 3 aliphatic carbocycles. The standard InChI is InChI=1S/C38H48/c1-7-10-30-11-8-12-31(18-17-30)22-36-28(5)19-25(2)20-38(36)34-14-9-13-33-21-32(24-37(33)34)23-35-27(4)16-15-26(3)29(35)6/h9,13-16,19-21,26,30-31,35H,4,6-8,10-12,17-18,22-24H2,1-3,5H3. The number of hydrogen-bond acceptors (Lipinski definition) is 0. The number of hydrogen-bond donors (Lipinski definition) is 0.